The minimum absolute atomic E-state index is 0.162. The Balaban J connectivity index is 2.78. The van der Waals surface area contributed by atoms with Crippen molar-refractivity contribution < 1.29 is 17.9 Å². The van der Waals surface area contributed by atoms with Crippen LogP contribution in [-0.4, -0.2) is 25.7 Å². The van der Waals surface area contributed by atoms with Crippen molar-refractivity contribution >= 4 is 43.1 Å². The van der Waals surface area contributed by atoms with Gasteiger partial charge in [-0.1, -0.05) is 0 Å². The summed E-state index contributed by atoms with van der Waals surface area (Å²) in [5.74, 6) is -1.36. The smallest absolute Gasteiger partial charge is 0.322 e. The first-order valence-corrected chi connectivity index (χ1v) is 8.06. The van der Waals surface area contributed by atoms with Crippen LogP contribution >= 0.6 is 27.3 Å². The highest BCUT2D eigenvalue weighted by Gasteiger charge is 2.25. The van der Waals surface area contributed by atoms with Crippen LogP contribution in [0.5, 0.6) is 0 Å². The summed E-state index contributed by atoms with van der Waals surface area (Å²) in [6, 6.07) is 3.10. The molecule has 1 rings (SSSR count). The summed E-state index contributed by atoms with van der Waals surface area (Å²) in [6.07, 6.45) is 0. The van der Waals surface area contributed by atoms with E-state index in [0.717, 1.165) is 11.3 Å². The summed E-state index contributed by atoms with van der Waals surface area (Å²) in [4.78, 5) is 11.4. The van der Waals surface area contributed by atoms with Gasteiger partial charge in [-0.3, -0.25) is 4.79 Å². The molecule has 0 spiro atoms. The molecule has 1 heterocycles. The number of sulfone groups is 1. The first-order chi connectivity index (χ1) is 7.60. The van der Waals surface area contributed by atoms with Crippen LogP contribution < -0.4 is 0 Å². The van der Waals surface area contributed by atoms with E-state index < -0.39 is 27.2 Å². The Labute approximate surface area is 113 Å². The number of carbonyl (C=O) groups is 1. The number of hydrogen-bond acceptors (Lipinski definition) is 5. The molecule has 0 aliphatic rings. The number of hydrogen-bond donors (Lipinski definition) is 0. The molecule has 4 nitrogen and oxygen atoms in total. The fourth-order valence-corrected chi connectivity index (χ4v) is 4.24. The van der Waals surface area contributed by atoms with E-state index in [9.17, 15) is 13.2 Å². The van der Waals surface area contributed by atoms with Crippen LogP contribution in [0.2, 0.25) is 0 Å². The minimum atomic E-state index is -3.60. The van der Waals surface area contributed by atoms with Gasteiger partial charge >= 0.3 is 5.97 Å². The van der Waals surface area contributed by atoms with E-state index in [0.29, 0.717) is 3.79 Å². The largest absolute Gasteiger partial charge is 0.459 e. The Morgan fingerprint density at radius 3 is 2.41 bits per heavy atom. The molecule has 17 heavy (non-hydrogen) atoms. The molecule has 0 saturated heterocycles. The van der Waals surface area contributed by atoms with Crippen LogP contribution in [0.1, 0.15) is 20.8 Å². The lowest BCUT2D eigenvalue weighted by atomic mass is 10.2. The van der Waals surface area contributed by atoms with Gasteiger partial charge in [0.2, 0.25) is 0 Å². The molecule has 0 N–H and O–H groups in total. The molecule has 0 aliphatic carbocycles. The van der Waals surface area contributed by atoms with E-state index in [4.69, 9.17) is 4.74 Å². The number of carbonyl (C=O) groups excluding carboxylic acids is 1. The van der Waals surface area contributed by atoms with Crippen molar-refractivity contribution in [3.63, 3.8) is 0 Å². The summed E-state index contributed by atoms with van der Waals surface area (Å²) >= 11 is 4.25. The zero-order chi connectivity index (χ0) is 13.3. The van der Waals surface area contributed by atoms with Gasteiger partial charge < -0.3 is 4.74 Å². The Bertz CT molecular complexity index is 511. The Kier molecular flexibility index (Phi) is 4.38. The number of ether oxygens (including phenoxy) is 1. The van der Waals surface area contributed by atoms with Crippen molar-refractivity contribution in [1.29, 1.82) is 0 Å². The van der Waals surface area contributed by atoms with Crippen molar-refractivity contribution in [1.82, 2.24) is 0 Å². The van der Waals surface area contributed by atoms with E-state index in [2.05, 4.69) is 15.9 Å². The van der Waals surface area contributed by atoms with Gasteiger partial charge in [0.05, 0.1) is 3.79 Å². The lowest BCUT2D eigenvalue weighted by molar-refractivity contribution is -0.151. The van der Waals surface area contributed by atoms with Crippen LogP contribution in [0, 0.1) is 0 Å². The highest BCUT2D eigenvalue weighted by atomic mass is 79.9. The van der Waals surface area contributed by atoms with E-state index in [1.54, 1.807) is 26.8 Å². The van der Waals surface area contributed by atoms with E-state index in [1.165, 1.54) is 6.07 Å². The maximum absolute atomic E-state index is 11.8. The number of thiophene rings is 1. The van der Waals surface area contributed by atoms with Gasteiger partial charge in [-0.25, -0.2) is 8.42 Å². The van der Waals surface area contributed by atoms with Crippen molar-refractivity contribution in [2.45, 2.75) is 30.6 Å². The zero-order valence-electron chi connectivity index (χ0n) is 9.69. The Morgan fingerprint density at radius 1 is 1.41 bits per heavy atom. The lowest BCUT2D eigenvalue weighted by Crippen LogP contribution is -2.28. The fourth-order valence-electron chi connectivity index (χ4n) is 1.06. The minimum Gasteiger partial charge on any atom is -0.459 e. The maximum atomic E-state index is 11.8. The second kappa shape index (κ2) is 5.07. The molecular formula is C10H13BrO4S2. The molecule has 1 aromatic rings. The van der Waals surface area contributed by atoms with Crippen LogP contribution in [0.25, 0.3) is 0 Å². The summed E-state index contributed by atoms with van der Waals surface area (Å²) in [5, 5.41) is 0. The number of halogens is 1. The van der Waals surface area contributed by atoms with Crippen molar-refractivity contribution in [3.05, 3.63) is 15.9 Å². The highest BCUT2D eigenvalue weighted by molar-refractivity contribution is 9.11. The topological polar surface area (TPSA) is 60.4 Å². The number of esters is 1. The molecule has 7 heteroatoms. The molecule has 0 atom stereocenters. The third-order valence-corrected chi connectivity index (χ3v) is 5.38. The molecule has 0 aliphatic heterocycles. The first kappa shape index (κ1) is 14.7. The molecule has 0 fully saturated rings. The van der Waals surface area contributed by atoms with Gasteiger partial charge in [0.1, 0.15) is 9.81 Å². The van der Waals surface area contributed by atoms with Gasteiger partial charge in [0, 0.05) is 0 Å². The predicted octanol–water partition coefficient (Wildman–Crippen LogP) is 2.63. The molecule has 0 aromatic carbocycles. The molecule has 96 valence electrons. The monoisotopic (exact) mass is 340 g/mol. The molecule has 1 aromatic heterocycles. The normalized spacial score (nSPS) is 12.5. The molecular weight excluding hydrogens is 328 g/mol. The maximum Gasteiger partial charge on any atom is 0.322 e. The van der Waals surface area contributed by atoms with Gasteiger partial charge in [-0.2, -0.15) is 0 Å². The molecule has 0 radical (unpaired) electrons. The van der Waals surface area contributed by atoms with Crippen LogP contribution in [0.15, 0.2) is 20.1 Å². The summed E-state index contributed by atoms with van der Waals surface area (Å²) in [7, 11) is -3.60. The summed E-state index contributed by atoms with van der Waals surface area (Å²) < 4.78 is 29.5. The van der Waals surface area contributed by atoms with Crippen molar-refractivity contribution in [3.8, 4) is 0 Å². The van der Waals surface area contributed by atoms with Crippen molar-refractivity contribution in [2.75, 3.05) is 5.75 Å². The molecule has 0 unspecified atom stereocenters. The SMILES string of the molecule is CC(C)(C)OC(=O)CS(=O)(=O)c1ccc(Br)s1. The van der Waals surface area contributed by atoms with Gasteiger partial charge in [0.25, 0.3) is 0 Å². The Hall–Kier alpha value is -0.400. The second-order valence-electron chi connectivity index (χ2n) is 4.40. The fraction of sp³-hybridized carbons (Fsp3) is 0.500. The first-order valence-electron chi connectivity index (χ1n) is 4.80. The highest BCUT2D eigenvalue weighted by Crippen LogP contribution is 2.27. The van der Waals surface area contributed by atoms with Crippen LogP contribution in [-0.2, 0) is 19.4 Å². The third-order valence-electron chi connectivity index (χ3n) is 1.58. The predicted molar refractivity (Wildman–Crippen MR) is 69.9 cm³/mol. The van der Waals surface area contributed by atoms with Gasteiger partial charge in [0.15, 0.2) is 15.6 Å². The van der Waals surface area contributed by atoms with Gasteiger partial charge in [-0.15, -0.1) is 11.3 Å². The average molecular weight is 341 g/mol. The number of rotatable bonds is 3. The van der Waals surface area contributed by atoms with E-state index in [-0.39, 0.29) is 4.21 Å². The zero-order valence-corrected chi connectivity index (χ0v) is 12.9. The second-order valence-corrected chi connectivity index (χ2v) is 9.08. The Morgan fingerprint density at radius 2 is 2.00 bits per heavy atom. The summed E-state index contributed by atoms with van der Waals surface area (Å²) in [6.45, 7) is 5.08. The molecule has 0 amide bonds. The summed E-state index contributed by atoms with van der Waals surface area (Å²) in [5.41, 5.74) is -0.678. The van der Waals surface area contributed by atoms with E-state index in [1.807, 2.05) is 0 Å². The van der Waals surface area contributed by atoms with Gasteiger partial charge in [-0.05, 0) is 48.8 Å². The van der Waals surface area contributed by atoms with E-state index >= 15 is 0 Å². The van der Waals surface area contributed by atoms with Crippen molar-refractivity contribution in [2.24, 2.45) is 0 Å². The lowest BCUT2D eigenvalue weighted by Gasteiger charge is -2.19. The average Bonchev–Trinajstić information content (AvgIpc) is 2.46. The molecule has 0 saturated carbocycles. The van der Waals surface area contributed by atoms with Crippen LogP contribution in [0.3, 0.4) is 0 Å². The third kappa shape index (κ3) is 4.77. The molecule has 0 bridgehead atoms. The standard InChI is InChI=1S/C10H13BrO4S2/c1-10(2,3)15-8(12)6-17(13,14)9-5-4-7(11)16-9/h4-5H,6H2,1-3H3. The quantitative estimate of drug-likeness (QED) is 0.793. The van der Waals surface area contributed by atoms with Crippen LogP contribution in [0.4, 0.5) is 0 Å².